The highest BCUT2D eigenvalue weighted by Gasteiger charge is 2.21. The van der Waals surface area contributed by atoms with E-state index in [1.54, 1.807) is 18.2 Å². The van der Waals surface area contributed by atoms with E-state index in [4.69, 9.17) is 4.42 Å². The van der Waals surface area contributed by atoms with Gasteiger partial charge in [0.05, 0.1) is 30.1 Å². The van der Waals surface area contributed by atoms with Gasteiger partial charge in [-0.2, -0.15) is 5.26 Å². The summed E-state index contributed by atoms with van der Waals surface area (Å²) in [5.74, 6) is -0.697. The van der Waals surface area contributed by atoms with Crippen molar-refractivity contribution in [2.45, 2.75) is 12.5 Å². The van der Waals surface area contributed by atoms with Gasteiger partial charge in [-0.05, 0) is 24.3 Å². The molecule has 0 spiro atoms. The van der Waals surface area contributed by atoms with Crippen LogP contribution in [0.4, 0.5) is 0 Å². The molecule has 5 heteroatoms. The Morgan fingerprint density at radius 3 is 2.86 bits per heavy atom. The number of rotatable bonds is 4. The summed E-state index contributed by atoms with van der Waals surface area (Å²) in [6.45, 7) is 0.248. The molecule has 0 aliphatic rings. The average molecular weight is 291 g/mol. The first kappa shape index (κ1) is 13.8. The Morgan fingerprint density at radius 2 is 2.09 bits per heavy atom. The molecule has 0 saturated heterocycles. The van der Waals surface area contributed by atoms with Gasteiger partial charge in [0.1, 0.15) is 5.76 Å². The molecule has 108 valence electrons. The second-order valence-corrected chi connectivity index (χ2v) is 4.79. The van der Waals surface area contributed by atoms with E-state index in [0.29, 0.717) is 11.5 Å². The molecule has 1 amide bonds. The van der Waals surface area contributed by atoms with Crippen molar-refractivity contribution in [3.8, 4) is 6.07 Å². The smallest absolute Gasteiger partial charge is 0.243 e. The van der Waals surface area contributed by atoms with E-state index in [9.17, 15) is 10.1 Å². The topological polar surface area (TPSA) is 78.9 Å². The van der Waals surface area contributed by atoms with Crippen LogP contribution in [0.1, 0.15) is 17.4 Å². The molecule has 0 saturated carbocycles. The number of furan rings is 1. The van der Waals surface area contributed by atoms with Gasteiger partial charge < -0.3 is 9.73 Å². The van der Waals surface area contributed by atoms with Crippen molar-refractivity contribution in [2.75, 3.05) is 0 Å². The van der Waals surface area contributed by atoms with Crippen molar-refractivity contribution < 1.29 is 9.21 Å². The van der Waals surface area contributed by atoms with E-state index in [1.807, 2.05) is 36.4 Å². The van der Waals surface area contributed by atoms with Gasteiger partial charge in [-0.1, -0.05) is 24.3 Å². The minimum atomic E-state index is -0.945. The van der Waals surface area contributed by atoms with Gasteiger partial charge in [-0.25, -0.2) is 0 Å². The Balaban J connectivity index is 1.79. The molecule has 3 rings (SSSR count). The molecule has 0 fully saturated rings. The zero-order chi connectivity index (χ0) is 15.4. The number of nitrogens with zero attached hydrogens (tertiary/aromatic N) is 2. The van der Waals surface area contributed by atoms with Crippen LogP contribution >= 0.6 is 0 Å². The summed E-state index contributed by atoms with van der Waals surface area (Å²) in [5.41, 5.74) is 1.21. The highest BCUT2D eigenvalue weighted by Crippen LogP contribution is 2.18. The zero-order valence-corrected chi connectivity index (χ0v) is 11.7. The number of hydrogen-bond donors (Lipinski definition) is 1. The first-order chi connectivity index (χ1) is 10.8. The fourth-order valence-corrected chi connectivity index (χ4v) is 2.19. The van der Waals surface area contributed by atoms with Crippen LogP contribution in [0.3, 0.4) is 0 Å². The number of carbonyl (C=O) groups excluding carboxylic acids is 1. The van der Waals surface area contributed by atoms with E-state index in [2.05, 4.69) is 10.3 Å². The lowest BCUT2D eigenvalue weighted by molar-refractivity contribution is -0.121. The fraction of sp³-hybridized carbons (Fsp3) is 0.118. The van der Waals surface area contributed by atoms with Crippen molar-refractivity contribution in [2.24, 2.45) is 0 Å². The van der Waals surface area contributed by atoms with Gasteiger partial charge in [0, 0.05) is 5.39 Å². The molecular weight excluding hydrogens is 278 g/mol. The van der Waals surface area contributed by atoms with Crippen LogP contribution in [0.2, 0.25) is 0 Å². The number of benzene rings is 1. The minimum absolute atomic E-state index is 0.248. The Bertz CT molecular complexity index is 834. The Labute approximate surface area is 127 Å². The summed E-state index contributed by atoms with van der Waals surface area (Å²) in [7, 11) is 0. The number of nitriles is 1. The van der Waals surface area contributed by atoms with Crippen LogP contribution in [-0.4, -0.2) is 10.9 Å². The van der Waals surface area contributed by atoms with Crippen LogP contribution in [0.5, 0.6) is 0 Å². The molecule has 0 bridgehead atoms. The second-order valence-electron chi connectivity index (χ2n) is 4.79. The number of nitrogens with one attached hydrogen (secondary N) is 1. The number of carbonyl (C=O) groups is 1. The van der Waals surface area contributed by atoms with E-state index in [-0.39, 0.29) is 12.5 Å². The number of para-hydroxylation sites is 1. The number of amides is 1. The van der Waals surface area contributed by atoms with Crippen molar-refractivity contribution in [3.63, 3.8) is 0 Å². The van der Waals surface area contributed by atoms with Gasteiger partial charge in [0.2, 0.25) is 5.91 Å². The molecular formula is C17H13N3O2. The first-order valence-electron chi connectivity index (χ1n) is 6.83. The maximum Gasteiger partial charge on any atom is 0.243 e. The Morgan fingerprint density at radius 1 is 1.23 bits per heavy atom. The predicted octanol–water partition coefficient (Wildman–Crippen LogP) is 2.75. The summed E-state index contributed by atoms with van der Waals surface area (Å²) >= 11 is 0. The SMILES string of the molecule is N#CC(C(=O)NCc1ccco1)c1ccc2ccccc2n1. The third kappa shape index (κ3) is 2.81. The van der Waals surface area contributed by atoms with Crippen molar-refractivity contribution in [3.05, 3.63) is 66.2 Å². The van der Waals surface area contributed by atoms with Gasteiger partial charge in [0.25, 0.3) is 0 Å². The summed E-state index contributed by atoms with van der Waals surface area (Å²) in [4.78, 5) is 16.6. The summed E-state index contributed by atoms with van der Waals surface area (Å²) in [5, 5.41) is 13.0. The monoisotopic (exact) mass is 291 g/mol. The number of hydrogen-bond acceptors (Lipinski definition) is 4. The molecule has 0 radical (unpaired) electrons. The van der Waals surface area contributed by atoms with Crippen molar-refractivity contribution in [1.82, 2.24) is 10.3 Å². The highest BCUT2D eigenvalue weighted by molar-refractivity contribution is 5.87. The van der Waals surface area contributed by atoms with Crippen LogP contribution < -0.4 is 5.32 Å². The molecule has 2 aromatic heterocycles. The molecule has 5 nitrogen and oxygen atoms in total. The largest absolute Gasteiger partial charge is 0.467 e. The van der Waals surface area contributed by atoms with E-state index >= 15 is 0 Å². The lowest BCUT2D eigenvalue weighted by atomic mass is 10.0. The molecule has 0 aliphatic carbocycles. The van der Waals surface area contributed by atoms with Crippen molar-refractivity contribution in [1.29, 1.82) is 5.26 Å². The van der Waals surface area contributed by atoms with Gasteiger partial charge in [0.15, 0.2) is 5.92 Å². The standard InChI is InChI=1S/C17H13N3O2/c18-10-14(17(21)19-11-13-5-3-9-22-13)16-8-7-12-4-1-2-6-15(12)20-16/h1-9,14H,11H2,(H,19,21). The fourth-order valence-electron chi connectivity index (χ4n) is 2.19. The van der Waals surface area contributed by atoms with Crippen LogP contribution in [0, 0.1) is 11.3 Å². The van der Waals surface area contributed by atoms with Crippen LogP contribution in [0.15, 0.2) is 59.2 Å². The third-order valence-electron chi connectivity index (χ3n) is 3.32. The summed E-state index contributed by atoms with van der Waals surface area (Å²) in [6.07, 6.45) is 1.54. The lowest BCUT2D eigenvalue weighted by Crippen LogP contribution is -2.28. The molecule has 3 aromatic rings. The Kier molecular flexibility index (Phi) is 3.84. The quantitative estimate of drug-likeness (QED) is 0.801. The second kappa shape index (κ2) is 6.10. The first-order valence-corrected chi connectivity index (χ1v) is 6.83. The molecule has 22 heavy (non-hydrogen) atoms. The molecule has 1 atom stereocenters. The number of fused-ring (bicyclic) bond motifs is 1. The maximum absolute atomic E-state index is 12.2. The van der Waals surface area contributed by atoms with Crippen LogP contribution in [0.25, 0.3) is 10.9 Å². The molecule has 0 aliphatic heterocycles. The summed E-state index contributed by atoms with van der Waals surface area (Å²) in [6, 6.07) is 16.7. The van der Waals surface area contributed by atoms with Crippen LogP contribution in [-0.2, 0) is 11.3 Å². The molecule has 1 N–H and O–H groups in total. The molecule has 1 aromatic carbocycles. The summed E-state index contributed by atoms with van der Waals surface area (Å²) < 4.78 is 5.15. The van der Waals surface area contributed by atoms with E-state index in [1.165, 1.54) is 6.26 Å². The minimum Gasteiger partial charge on any atom is -0.467 e. The normalized spacial score (nSPS) is 11.8. The lowest BCUT2D eigenvalue weighted by Gasteiger charge is -2.10. The average Bonchev–Trinajstić information content (AvgIpc) is 3.07. The molecule has 2 heterocycles. The zero-order valence-electron chi connectivity index (χ0n) is 11.7. The van der Waals surface area contributed by atoms with Crippen molar-refractivity contribution >= 4 is 16.8 Å². The number of pyridine rings is 1. The van der Waals surface area contributed by atoms with E-state index < -0.39 is 5.92 Å². The predicted molar refractivity (Wildman–Crippen MR) is 80.7 cm³/mol. The number of aromatic nitrogens is 1. The van der Waals surface area contributed by atoms with Gasteiger partial charge in [-0.3, -0.25) is 9.78 Å². The van der Waals surface area contributed by atoms with E-state index in [0.717, 1.165) is 10.9 Å². The molecule has 1 unspecified atom stereocenters. The maximum atomic E-state index is 12.2. The van der Waals surface area contributed by atoms with Gasteiger partial charge in [-0.15, -0.1) is 0 Å². The third-order valence-corrected chi connectivity index (χ3v) is 3.32. The Hall–Kier alpha value is -3.13. The van der Waals surface area contributed by atoms with Gasteiger partial charge >= 0.3 is 0 Å². The highest BCUT2D eigenvalue weighted by atomic mass is 16.3.